The Balaban J connectivity index is 1.39. The van der Waals surface area contributed by atoms with Crippen molar-refractivity contribution in [1.29, 1.82) is 0 Å². The molecule has 4 bridgehead atoms. The zero-order chi connectivity index (χ0) is 38.6. The van der Waals surface area contributed by atoms with Crippen LogP contribution in [0, 0.1) is 17.8 Å². The fraction of sp³-hybridized carbons (Fsp3) is 0.375. The SMILES string of the molecule is CN(C)c1ccc(N(c2ccc(N(C)C)cc2)c2cc(C34CC5CC(CC(C5)C3)C4)cc(N(c3ccc(N(C)C)cc3)c3ccc(N(C)C)cc3)c2Cl)cc1. The summed E-state index contributed by atoms with van der Waals surface area (Å²) in [5.41, 5.74) is 12.6. The van der Waals surface area contributed by atoms with Crippen molar-refractivity contribution < 1.29 is 0 Å². The molecule has 55 heavy (non-hydrogen) atoms. The summed E-state index contributed by atoms with van der Waals surface area (Å²) in [7, 11) is 16.7. The summed E-state index contributed by atoms with van der Waals surface area (Å²) in [5, 5.41) is 0.732. The van der Waals surface area contributed by atoms with Gasteiger partial charge in [-0.3, -0.25) is 0 Å². The predicted octanol–water partition coefficient (Wildman–Crippen LogP) is 12.0. The van der Waals surface area contributed by atoms with E-state index in [0.717, 1.165) is 79.7 Å². The lowest BCUT2D eigenvalue weighted by molar-refractivity contribution is -0.00515. The maximum atomic E-state index is 7.99. The van der Waals surface area contributed by atoms with E-state index < -0.39 is 0 Å². The molecule has 0 amide bonds. The third-order valence-electron chi connectivity index (χ3n) is 12.7. The van der Waals surface area contributed by atoms with E-state index in [9.17, 15) is 0 Å². The van der Waals surface area contributed by atoms with Crippen LogP contribution in [-0.4, -0.2) is 56.4 Å². The molecule has 0 atom stereocenters. The van der Waals surface area contributed by atoms with E-state index in [0.29, 0.717) is 0 Å². The first-order valence-corrected chi connectivity index (χ1v) is 20.3. The van der Waals surface area contributed by atoms with Gasteiger partial charge in [0.15, 0.2) is 0 Å². The number of anilines is 10. The number of benzene rings is 5. The Labute approximate surface area is 334 Å². The lowest BCUT2D eigenvalue weighted by Gasteiger charge is -2.57. The summed E-state index contributed by atoms with van der Waals surface area (Å²) >= 11 is 7.99. The monoisotopic (exact) mass is 752 g/mol. The van der Waals surface area contributed by atoms with Gasteiger partial charge in [-0.15, -0.1) is 0 Å². The molecule has 5 aromatic carbocycles. The smallest absolute Gasteiger partial charge is 0.0887 e. The van der Waals surface area contributed by atoms with Crippen molar-refractivity contribution in [2.45, 2.75) is 43.9 Å². The van der Waals surface area contributed by atoms with E-state index >= 15 is 0 Å². The number of nitrogens with zero attached hydrogens (tertiary/aromatic N) is 6. The molecule has 4 aliphatic rings. The van der Waals surface area contributed by atoms with Gasteiger partial charge in [0, 0.05) is 102 Å². The molecular weight excluding hydrogens is 696 g/mol. The van der Waals surface area contributed by atoms with Crippen LogP contribution in [0.2, 0.25) is 5.02 Å². The Bertz CT molecular complexity index is 1840. The molecule has 0 N–H and O–H groups in total. The lowest BCUT2D eigenvalue weighted by atomic mass is 9.48. The molecule has 0 heterocycles. The fourth-order valence-electron chi connectivity index (χ4n) is 10.1. The summed E-state index contributed by atoms with van der Waals surface area (Å²) < 4.78 is 0. The zero-order valence-corrected chi connectivity index (χ0v) is 34.7. The third kappa shape index (κ3) is 7.10. The van der Waals surface area contributed by atoms with Crippen LogP contribution in [0.15, 0.2) is 109 Å². The Morgan fingerprint density at radius 3 is 0.873 bits per heavy atom. The first-order valence-electron chi connectivity index (χ1n) is 19.9. The second kappa shape index (κ2) is 14.7. The Kier molecular flexibility index (Phi) is 9.92. The first kappa shape index (κ1) is 37.1. The van der Waals surface area contributed by atoms with Gasteiger partial charge in [-0.1, -0.05) is 11.6 Å². The molecule has 4 fully saturated rings. The average Bonchev–Trinajstić information content (AvgIpc) is 3.16. The maximum absolute atomic E-state index is 7.99. The van der Waals surface area contributed by atoms with E-state index in [1.807, 2.05) is 0 Å². The van der Waals surface area contributed by atoms with Gasteiger partial charge in [0.25, 0.3) is 0 Å². The second-order valence-electron chi connectivity index (χ2n) is 17.3. The largest absolute Gasteiger partial charge is 0.378 e. The molecule has 0 aromatic heterocycles. The van der Waals surface area contributed by atoms with Gasteiger partial charge >= 0.3 is 0 Å². The highest BCUT2D eigenvalue weighted by Crippen LogP contribution is 2.62. The Morgan fingerprint density at radius 1 is 0.400 bits per heavy atom. The summed E-state index contributed by atoms with van der Waals surface area (Å²) in [6.07, 6.45) is 8.00. The van der Waals surface area contributed by atoms with Crippen LogP contribution in [0.1, 0.15) is 44.1 Å². The van der Waals surface area contributed by atoms with E-state index in [-0.39, 0.29) is 5.41 Å². The molecule has 286 valence electrons. The highest BCUT2D eigenvalue weighted by molar-refractivity contribution is 6.36. The van der Waals surface area contributed by atoms with Crippen molar-refractivity contribution in [3.05, 3.63) is 120 Å². The molecule has 0 saturated heterocycles. The van der Waals surface area contributed by atoms with Gasteiger partial charge in [0.1, 0.15) is 0 Å². The van der Waals surface area contributed by atoms with Crippen LogP contribution in [0.3, 0.4) is 0 Å². The van der Waals surface area contributed by atoms with Crippen molar-refractivity contribution in [2.24, 2.45) is 17.8 Å². The van der Waals surface area contributed by atoms with Crippen molar-refractivity contribution in [2.75, 3.05) is 85.8 Å². The van der Waals surface area contributed by atoms with Gasteiger partial charge in [-0.05, 0) is 176 Å². The average molecular weight is 753 g/mol. The molecule has 4 saturated carbocycles. The molecule has 0 spiro atoms. The molecule has 9 rings (SSSR count). The van der Waals surface area contributed by atoms with E-state index in [2.05, 4.69) is 195 Å². The van der Waals surface area contributed by atoms with Crippen LogP contribution in [-0.2, 0) is 5.41 Å². The standard InChI is InChI=1S/C48H57ClN6/c1-50(2)37-9-17-41(18-10-37)54(42-19-11-38(12-20-42)51(3)4)45-28-36(48-30-33-25-34(31-48)27-35(26-33)32-48)29-46(47(45)49)55(43-21-13-39(14-22-43)52(5)6)44-23-15-40(16-24-44)53(7)8/h9-24,28-29,33-35H,25-27,30-32H2,1-8H3. The number of hydrogen-bond donors (Lipinski definition) is 0. The summed E-state index contributed by atoms with van der Waals surface area (Å²) in [6, 6.07) is 40.5. The second-order valence-corrected chi connectivity index (χ2v) is 17.7. The van der Waals surface area contributed by atoms with Crippen molar-refractivity contribution in [3.63, 3.8) is 0 Å². The minimum atomic E-state index is 0.146. The minimum Gasteiger partial charge on any atom is -0.378 e. The number of hydrogen-bond acceptors (Lipinski definition) is 6. The Hall–Kier alpha value is -4.81. The van der Waals surface area contributed by atoms with Crippen molar-refractivity contribution in [1.82, 2.24) is 0 Å². The molecule has 6 nitrogen and oxygen atoms in total. The molecule has 0 radical (unpaired) electrons. The van der Waals surface area contributed by atoms with Crippen LogP contribution < -0.4 is 29.4 Å². The van der Waals surface area contributed by atoms with Gasteiger partial charge in [-0.25, -0.2) is 0 Å². The highest BCUT2D eigenvalue weighted by Gasteiger charge is 2.52. The molecule has 0 unspecified atom stereocenters. The predicted molar refractivity (Wildman–Crippen MR) is 238 cm³/mol. The van der Waals surface area contributed by atoms with Gasteiger partial charge in [0.05, 0.1) is 16.4 Å². The Morgan fingerprint density at radius 2 is 0.636 bits per heavy atom. The topological polar surface area (TPSA) is 19.4 Å². The molecule has 0 aliphatic heterocycles. The lowest BCUT2D eigenvalue weighted by Crippen LogP contribution is -2.48. The number of halogens is 1. The van der Waals surface area contributed by atoms with E-state index in [1.54, 1.807) is 0 Å². The quantitative estimate of drug-likeness (QED) is 0.133. The first-order chi connectivity index (χ1) is 26.4. The van der Waals surface area contributed by atoms with Crippen molar-refractivity contribution in [3.8, 4) is 0 Å². The van der Waals surface area contributed by atoms with E-state index in [4.69, 9.17) is 11.6 Å². The van der Waals surface area contributed by atoms with Crippen LogP contribution in [0.5, 0.6) is 0 Å². The molecule has 7 heteroatoms. The molecule has 4 aliphatic carbocycles. The number of rotatable bonds is 11. The van der Waals surface area contributed by atoms with Crippen LogP contribution in [0.25, 0.3) is 0 Å². The van der Waals surface area contributed by atoms with Crippen molar-refractivity contribution >= 4 is 68.5 Å². The van der Waals surface area contributed by atoms with Gasteiger partial charge < -0.3 is 29.4 Å². The third-order valence-corrected chi connectivity index (χ3v) is 13.1. The van der Waals surface area contributed by atoms with Crippen LogP contribution >= 0.6 is 11.6 Å². The van der Waals surface area contributed by atoms with Crippen LogP contribution in [0.4, 0.5) is 56.9 Å². The summed E-state index contributed by atoms with van der Waals surface area (Å²) in [6.45, 7) is 0. The minimum absolute atomic E-state index is 0.146. The summed E-state index contributed by atoms with van der Waals surface area (Å²) in [4.78, 5) is 13.4. The fourth-order valence-corrected chi connectivity index (χ4v) is 10.4. The van der Waals surface area contributed by atoms with E-state index in [1.165, 1.54) is 44.1 Å². The van der Waals surface area contributed by atoms with Gasteiger partial charge in [-0.2, -0.15) is 0 Å². The molecule has 5 aromatic rings. The van der Waals surface area contributed by atoms with Gasteiger partial charge in [0.2, 0.25) is 0 Å². The normalized spacial score (nSPS) is 21.0. The summed E-state index contributed by atoms with van der Waals surface area (Å²) in [5.74, 6) is 2.45. The molecular formula is C48H57ClN6. The zero-order valence-electron chi connectivity index (χ0n) is 33.9. The maximum Gasteiger partial charge on any atom is 0.0887 e. The highest BCUT2D eigenvalue weighted by atomic mass is 35.5.